The molecule has 2 N–H and O–H groups in total. The maximum atomic E-state index is 12.4. The molecule has 1 amide bonds. The first-order chi connectivity index (χ1) is 13.8. The highest BCUT2D eigenvalue weighted by molar-refractivity contribution is 7.93. The van der Waals surface area contributed by atoms with Gasteiger partial charge in [-0.15, -0.1) is 0 Å². The molecule has 0 unspecified atom stereocenters. The molecule has 0 fully saturated rings. The van der Waals surface area contributed by atoms with E-state index in [1.165, 1.54) is 18.4 Å². The molecule has 29 heavy (non-hydrogen) atoms. The summed E-state index contributed by atoms with van der Waals surface area (Å²) in [6.07, 6.45) is 1.26. The Labute approximate surface area is 178 Å². The largest absolute Gasteiger partial charge is 0.277 e. The Morgan fingerprint density at radius 2 is 1.79 bits per heavy atom. The average molecular weight is 448 g/mol. The van der Waals surface area contributed by atoms with E-state index in [0.717, 1.165) is 10.2 Å². The third kappa shape index (κ3) is 5.13. The maximum absolute atomic E-state index is 12.4. The van der Waals surface area contributed by atoms with Crippen LogP contribution in [0, 0.1) is 4.64 Å². The van der Waals surface area contributed by atoms with Gasteiger partial charge in [-0.05, 0) is 12.1 Å². The molecule has 0 saturated heterocycles. The molecule has 0 radical (unpaired) electrons. The summed E-state index contributed by atoms with van der Waals surface area (Å²) in [5, 5.41) is 1.91. The van der Waals surface area contributed by atoms with E-state index in [0.29, 0.717) is 15.9 Å². The van der Waals surface area contributed by atoms with Crippen LogP contribution in [0.15, 0.2) is 60.9 Å². The number of hydrogen-bond acceptors (Lipinski definition) is 6. The summed E-state index contributed by atoms with van der Waals surface area (Å²) >= 11 is 10.6. The summed E-state index contributed by atoms with van der Waals surface area (Å²) in [6, 6.07) is 16.1. The fraction of sp³-hybridized carbons (Fsp3) is 0.111. The van der Waals surface area contributed by atoms with Crippen molar-refractivity contribution in [3.05, 3.63) is 71.1 Å². The Kier molecular flexibility index (Phi) is 6.20. The van der Waals surface area contributed by atoms with Crippen molar-refractivity contribution in [3.63, 3.8) is 0 Å². The minimum Gasteiger partial charge on any atom is -0.277 e. The molecule has 3 rings (SSSR count). The van der Waals surface area contributed by atoms with Gasteiger partial charge in [-0.3, -0.25) is 15.2 Å². The molecule has 0 bridgehead atoms. The second-order valence-corrected chi connectivity index (χ2v) is 8.53. The van der Waals surface area contributed by atoms with E-state index >= 15 is 0 Å². The van der Waals surface area contributed by atoms with Gasteiger partial charge in [0.2, 0.25) is 0 Å². The fourth-order valence-electron chi connectivity index (χ4n) is 2.53. The predicted octanol–water partition coefficient (Wildman–Crippen LogP) is 1.98. The van der Waals surface area contributed by atoms with Crippen molar-refractivity contribution in [2.24, 2.45) is 0 Å². The van der Waals surface area contributed by atoms with Crippen LogP contribution in [0.1, 0.15) is 5.56 Å². The van der Waals surface area contributed by atoms with Gasteiger partial charge in [-0.1, -0.05) is 66.9 Å². The van der Waals surface area contributed by atoms with Gasteiger partial charge in [0.1, 0.15) is 16.0 Å². The highest BCUT2D eigenvalue weighted by atomic mass is 32.2. The summed E-state index contributed by atoms with van der Waals surface area (Å²) in [7, 11) is -2.50. The molecule has 1 aromatic heterocycles. The van der Waals surface area contributed by atoms with Gasteiger partial charge >= 0.3 is 0 Å². The number of nitrogens with one attached hydrogen (secondary N) is 2. The Hall–Kier alpha value is -2.89. The molecule has 0 aliphatic rings. The number of benzene rings is 2. The lowest BCUT2D eigenvalue weighted by Gasteiger charge is -2.21. The van der Waals surface area contributed by atoms with Crippen LogP contribution in [0.5, 0.6) is 0 Å². The molecule has 0 aliphatic heterocycles. The predicted molar refractivity (Wildman–Crippen MR) is 118 cm³/mol. The summed E-state index contributed by atoms with van der Waals surface area (Å²) in [5.41, 5.74) is 3.81. The van der Waals surface area contributed by atoms with Crippen LogP contribution < -0.4 is 10.3 Å². The number of rotatable bonds is 5. The van der Waals surface area contributed by atoms with Crippen molar-refractivity contribution in [2.45, 2.75) is 0 Å². The van der Waals surface area contributed by atoms with Gasteiger partial charge in [-0.25, -0.2) is 22.9 Å². The molecule has 1 heterocycles. The highest BCUT2D eigenvalue weighted by Crippen LogP contribution is 2.12. The number of carbonyl (C=O) groups is 1. The van der Waals surface area contributed by atoms with E-state index < -0.39 is 21.7 Å². The number of hydrazine groups is 1. The molecule has 0 aliphatic carbocycles. The Morgan fingerprint density at radius 1 is 1.14 bits per heavy atom. The van der Waals surface area contributed by atoms with E-state index in [9.17, 15) is 13.2 Å². The monoisotopic (exact) mass is 447 g/mol. The molecule has 0 atom stereocenters. The molecule has 8 nitrogen and oxygen atoms in total. The number of sulfonamides is 1. The fourth-order valence-corrected chi connectivity index (χ4v) is 3.95. The molecule has 0 spiro atoms. The summed E-state index contributed by atoms with van der Waals surface area (Å²) in [5.74, 6) is -1.57. The normalized spacial score (nSPS) is 11.1. The molecule has 2 aromatic carbocycles. The van der Waals surface area contributed by atoms with Crippen LogP contribution in [0.3, 0.4) is 0 Å². The first-order valence-electron chi connectivity index (χ1n) is 8.36. The highest BCUT2D eigenvalue weighted by Gasteiger charge is 2.19. The lowest BCUT2D eigenvalue weighted by molar-refractivity contribution is -0.121. The van der Waals surface area contributed by atoms with Crippen LogP contribution in [0.25, 0.3) is 10.9 Å². The zero-order chi connectivity index (χ0) is 21.0. The first kappa shape index (κ1) is 20.8. The number of para-hydroxylation sites is 1. The molecule has 0 saturated carbocycles. The van der Waals surface area contributed by atoms with E-state index in [2.05, 4.69) is 15.2 Å². The Bertz CT molecular complexity index is 1230. The number of aromatic nitrogens is 2. The number of carbonyl (C=O) groups excluding carboxylic acids is 1. The van der Waals surface area contributed by atoms with Gasteiger partial charge < -0.3 is 0 Å². The van der Waals surface area contributed by atoms with Crippen molar-refractivity contribution >= 4 is 56.3 Å². The first-order valence-corrected chi connectivity index (χ1v) is 10.8. The topological polar surface area (TPSA) is 96.3 Å². The van der Waals surface area contributed by atoms with Crippen LogP contribution in [0.4, 0.5) is 0 Å². The second kappa shape index (κ2) is 8.64. The minimum absolute atomic E-state index is 0.238. The second-order valence-electron chi connectivity index (χ2n) is 6.05. The maximum Gasteiger partial charge on any atom is 0.255 e. The number of thiocarbonyl (C=S) groups is 1. The summed E-state index contributed by atoms with van der Waals surface area (Å²) in [6.45, 7) is 0. The van der Waals surface area contributed by atoms with E-state index in [1.54, 1.807) is 36.4 Å². The lowest BCUT2D eigenvalue weighted by Crippen LogP contribution is -2.46. The molecular formula is C18H17N5O3S3. The van der Waals surface area contributed by atoms with E-state index in [4.69, 9.17) is 24.4 Å². The molecule has 150 valence electrons. The van der Waals surface area contributed by atoms with Gasteiger partial charge in [0.05, 0.1) is 5.52 Å². The van der Waals surface area contributed by atoms with Gasteiger partial charge in [0.15, 0.2) is 5.75 Å². The molecule has 11 heteroatoms. The number of hydrogen-bond donors (Lipinski definition) is 2. The van der Waals surface area contributed by atoms with Crippen molar-refractivity contribution in [1.29, 1.82) is 0 Å². The zero-order valence-corrected chi connectivity index (χ0v) is 17.7. The summed E-state index contributed by atoms with van der Waals surface area (Å²) < 4.78 is 26.1. The summed E-state index contributed by atoms with van der Waals surface area (Å²) in [4.78, 5) is 19.0. The number of nitrogens with zero attached hydrogens (tertiary/aromatic N) is 3. The van der Waals surface area contributed by atoms with E-state index in [-0.39, 0.29) is 4.64 Å². The van der Waals surface area contributed by atoms with Crippen LogP contribution in [-0.4, -0.2) is 46.8 Å². The number of fused-ring (bicyclic) bond motifs is 1. The standard InChI is InChI=1S/C18H17N5O3S3/c1-22(17(27)13-7-3-2-4-8-13)20-16(24)11-29(25,26)21-23-12-19-15-10-6-5-9-14(15)18(23)28/h2-10,12,21H,11H2,1H3,(H,20,24). The van der Waals surface area contributed by atoms with E-state index in [1.807, 2.05) is 18.2 Å². The van der Waals surface area contributed by atoms with Gasteiger partial charge in [-0.2, -0.15) is 0 Å². The quantitative estimate of drug-likeness (QED) is 0.456. The van der Waals surface area contributed by atoms with Crippen LogP contribution >= 0.6 is 24.4 Å². The van der Waals surface area contributed by atoms with Crippen molar-refractivity contribution in [1.82, 2.24) is 20.1 Å². The van der Waals surface area contributed by atoms with Crippen LogP contribution in [0.2, 0.25) is 0 Å². The smallest absolute Gasteiger partial charge is 0.255 e. The SMILES string of the molecule is CN(NC(=O)CS(=O)(=O)Nn1cnc2ccccc2c1=S)C(=S)c1ccccc1. The lowest BCUT2D eigenvalue weighted by atomic mass is 10.2. The average Bonchev–Trinajstić information content (AvgIpc) is 2.69. The van der Waals surface area contributed by atoms with Crippen molar-refractivity contribution in [2.75, 3.05) is 17.6 Å². The Morgan fingerprint density at radius 3 is 2.52 bits per heavy atom. The third-order valence-corrected chi connectivity index (χ3v) is 5.89. The zero-order valence-electron chi connectivity index (χ0n) is 15.3. The number of amides is 1. The third-order valence-electron chi connectivity index (χ3n) is 3.84. The minimum atomic E-state index is -4.04. The van der Waals surface area contributed by atoms with Gasteiger partial charge in [0.25, 0.3) is 15.9 Å². The van der Waals surface area contributed by atoms with Crippen LogP contribution in [-0.2, 0) is 14.8 Å². The molecular weight excluding hydrogens is 430 g/mol. The molecule has 3 aromatic rings. The Balaban J connectivity index is 1.68. The van der Waals surface area contributed by atoms with Crippen molar-refractivity contribution in [3.8, 4) is 0 Å². The van der Waals surface area contributed by atoms with Crippen molar-refractivity contribution < 1.29 is 13.2 Å². The van der Waals surface area contributed by atoms with Gasteiger partial charge in [0, 0.05) is 18.0 Å².